The molecular formula is C26H51NaO11S. The summed E-state index contributed by atoms with van der Waals surface area (Å²) in [6, 6.07) is 0. The Morgan fingerprint density at radius 2 is 1.08 bits per heavy atom. The third kappa shape index (κ3) is 29.6. The molecule has 0 saturated heterocycles. The van der Waals surface area contributed by atoms with Gasteiger partial charge in [-0.2, -0.15) is 8.42 Å². The number of aliphatic carboxylic acids is 2. The van der Waals surface area contributed by atoms with Crippen LogP contribution in [0.25, 0.3) is 0 Å². The molecule has 0 spiro atoms. The average molecular weight is 595 g/mol. The van der Waals surface area contributed by atoms with Crippen LogP contribution in [0.2, 0.25) is 0 Å². The Morgan fingerprint density at radius 3 is 1.36 bits per heavy atom. The maximum absolute atomic E-state index is 12.2. The zero-order valence-corrected chi connectivity index (χ0v) is 24.8. The standard InChI is InChI=1S/C20H38O7S.2C3H6O2.Na.H/c1-5-9-11-16(7-3)14-26-19(21)13-18(28(23,24)25)20(22)27-15-17(8-4)12-10-6-2;2*1-2-3(4)5;;/h16-18H,5-15H2,1-4H3,(H,23,24,25);2*2H2,1H3,(H,4,5);;. The van der Waals surface area contributed by atoms with Crippen LogP contribution in [0.1, 0.15) is 112 Å². The fourth-order valence-electron chi connectivity index (χ4n) is 2.82. The van der Waals surface area contributed by atoms with Crippen LogP contribution in [0.3, 0.4) is 0 Å². The van der Waals surface area contributed by atoms with Gasteiger partial charge in [-0.1, -0.05) is 80.1 Å². The van der Waals surface area contributed by atoms with E-state index in [1.165, 1.54) is 0 Å². The van der Waals surface area contributed by atoms with Crippen molar-refractivity contribution in [2.45, 2.75) is 117 Å². The molecule has 3 atom stereocenters. The van der Waals surface area contributed by atoms with Crippen LogP contribution in [0.15, 0.2) is 0 Å². The van der Waals surface area contributed by atoms with Crippen LogP contribution in [0.4, 0.5) is 0 Å². The summed E-state index contributed by atoms with van der Waals surface area (Å²) in [4.78, 5) is 43.0. The van der Waals surface area contributed by atoms with E-state index in [0.717, 1.165) is 51.4 Å². The number of carbonyl (C=O) groups excluding carboxylic acids is 2. The molecular weight excluding hydrogens is 543 g/mol. The number of hydrogen-bond acceptors (Lipinski definition) is 8. The Balaban J connectivity index is -0.000000471. The molecule has 3 unspecified atom stereocenters. The summed E-state index contributed by atoms with van der Waals surface area (Å²) in [6.45, 7) is 11.5. The molecule has 3 N–H and O–H groups in total. The van der Waals surface area contributed by atoms with Gasteiger partial charge >= 0.3 is 53.4 Å². The number of carboxylic acid groups (broad SMARTS) is 2. The molecule has 0 rings (SSSR count). The van der Waals surface area contributed by atoms with Crippen LogP contribution >= 0.6 is 0 Å². The van der Waals surface area contributed by atoms with Gasteiger partial charge in [0.25, 0.3) is 10.1 Å². The van der Waals surface area contributed by atoms with Gasteiger partial charge in [0, 0.05) is 12.8 Å². The van der Waals surface area contributed by atoms with Crippen molar-refractivity contribution in [2.75, 3.05) is 13.2 Å². The van der Waals surface area contributed by atoms with Crippen molar-refractivity contribution in [3.05, 3.63) is 0 Å². The predicted octanol–water partition coefficient (Wildman–Crippen LogP) is 4.47. The summed E-state index contributed by atoms with van der Waals surface area (Å²) in [5.74, 6) is -3.10. The molecule has 0 saturated carbocycles. The first-order chi connectivity index (χ1) is 17.7. The first-order valence-corrected chi connectivity index (χ1v) is 15.0. The third-order valence-electron chi connectivity index (χ3n) is 5.61. The van der Waals surface area contributed by atoms with Gasteiger partial charge in [-0.3, -0.25) is 23.7 Å². The number of rotatable bonds is 18. The molecule has 0 fully saturated rings. The topological polar surface area (TPSA) is 182 Å². The second-order valence-corrected chi connectivity index (χ2v) is 10.4. The number of carboxylic acids is 2. The van der Waals surface area contributed by atoms with Crippen molar-refractivity contribution in [1.82, 2.24) is 0 Å². The van der Waals surface area contributed by atoms with Crippen molar-refractivity contribution in [1.29, 1.82) is 0 Å². The Kier molecular flexibility index (Phi) is 32.5. The van der Waals surface area contributed by atoms with Gasteiger partial charge in [0.05, 0.1) is 19.6 Å². The Hall–Kier alpha value is -1.21. The summed E-state index contributed by atoms with van der Waals surface area (Å²) < 4.78 is 42.8. The number of hydrogen-bond donors (Lipinski definition) is 3. The molecule has 39 heavy (non-hydrogen) atoms. The van der Waals surface area contributed by atoms with Gasteiger partial charge in [0.15, 0.2) is 5.25 Å². The molecule has 0 bridgehead atoms. The predicted molar refractivity (Wildman–Crippen MR) is 151 cm³/mol. The third-order valence-corrected chi connectivity index (χ3v) is 6.69. The second kappa shape index (κ2) is 28.3. The average Bonchev–Trinajstić information content (AvgIpc) is 2.87. The molecule has 228 valence electrons. The van der Waals surface area contributed by atoms with E-state index in [0.29, 0.717) is 0 Å². The van der Waals surface area contributed by atoms with Gasteiger partial charge in [-0.05, 0) is 24.7 Å². The molecule has 13 heteroatoms. The van der Waals surface area contributed by atoms with E-state index in [4.69, 9.17) is 19.7 Å². The molecule has 0 aliphatic heterocycles. The van der Waals surface area contributed by atoms with E-state index in [1.807, 2.05) is 13.8 Å². The van der Waals surface area contributed by atoms with E-state index in [9.17, 15) is 32.1 Å². The summed E-state index contributed by atoms with van der Waals surface area (Å²) in [5.41, 5.74) is 0. The summed E-state index contributed by atoms with van der Waals surface area (Å²) >= 11 is 0. The monoisotopic (exact) mass is 594 g/mol. The zero-order valence-electron chi connectivity index (χ0n) is 23.9. The number of esters is 2. The Bertz CT molecular complexity index is 743. The molecule has 0 aromatic carbocycles. The van der Waals surface area contributed by atoms with Gasteiger partial charge < -0.3 is 19.7 Å². The van der Waals surface area contributed by atoms with E-state index in [2.05, 4.69) is 13.8 Å². The first kappa shape index (κ1) is 44.8. The summed E-state index contributed by atoms with van der Waals surface area (Å²) in [7, 11) is -4.76. The zero-order chi connectivity index (χ0) is 30.1. The molecule has 0 aliphatic carbocycles. The van der Waals surface area contributed by atoms with Crippen molar-refractivity contribution in [2.24, 2.45) is 11.8 Å². The molecule has 0 amide bonds. The van der Waals surface area contributed by atoms with Crippen molar-refractivity contribution in [3.63, 3.8) is 0 Å². The summed E-state index contributed by atoms with van der Waals surface area (Å²) in [5, 5.41) is 13.5. The van der Waals surface area contributed by atoms with Crippen LogP contribution in [0, 0.1) is 11.8 Å². The van der Waals surface area contributed by atoms with Gasteiger partial charge in [-0.15, -0.1) is 0 Å². The fraction of sp³-hybridized carbons (Fsp3) is 0.846. The van der Waals surface area contributed by atoms with Crippen LogP contribution in [-0.4, -0.2) is 95.1 Å². The second-order valence-electron chi connectivity index (χ2n) is 8.85. The van der Waals surface area contributed by atoms with E-state index < -0.39 is 45.7 Å². The quantitative estimate of drug-likeness (QED) is 0.116. The molecule has 11 nitrogen and oxygen atoms in total. The number of carbonyl (C=O) groups is 4. The molecule has 0 aromatic rings. The molecule has 0 aliphatic rings. The van der Waals surface area contributed by atoms with E-state index >= 15 is 0 Å². The molecule has 0 radical (unpaired) electrons. The minimum absolute atomic E-state index is 0. The summed E-state index contributed by atoms with van der Waals surface area (Å²) in [6.07, 6.45) is 7.19. The molecule has 0 aromatic heterocycles. The van der Waals surface area contributed by atoms with Crippen molar-refractivity contribution >= 4 is 63.6 Å². The normalized spacial score (nSPS) is 12.6. The SMILES string of the molecule is CCC(=O)O.CCC(=O)O.CCCCC(CC)COC(=O)CC(C(=O)OCC(CC)CCCC)S(=O)(=O)O.[NaH]. The number of unbranched alkanes of at least 4 members (excludes halogenated alkanes) is 2. The first-order valence-electron chi connectivity index (χ1n) is 13.5. The Morgan fingerprint density at radius 1 is 0.718 bits per heavy atom. The van der Waals surface area contributed by atoms with Gasteiger partial charge in [0.2, 0.25) is 0 Å². The van der Waals surface area contributed by atoms with Gasteiger partial charge in [-0.25, -0.2) is 0 Å². The van der Waals surface area contributed by atoms with Crippen molar-refractivity contribution in [3.8, 4) is 0 Å². The maximum atomic E-state index is 12.2. The van der Waals surface area contributed by atoms with Crippen LogP contribution in [-0.2, 0) is 38.8 Å². The van der Waals surface area contributed by atoms with Crippen LogP contribution in [0.5, 0.6) is 0 Å². The van der Waals surface area contributed by atoms with Crippen LogP contribution < -0.4 is 0 Å². The minimum atomic E-state index is -4.76. The van der Waals surface area contributed by atoms with Crippen molar-refractivity contribution < 1.29 is 51.8 Å². The Labute approximate surface area is 256 Å². The number of ether oxygens (including phenoxy) is 2. The van der Waals surface area contributed by atoms with Gasteiger partial charge in [0.1, 0.15) is 0 Å². The fourth-order valence-corrected chi connectivity index (χ4v) is 3.48. The molecule has 0 heterocycles. The van der Waals surface area contributed by atoms with E-state index in [-0.39, 0.29) is 67.4 Å². The van der Waals surface area contributed by atoms with E-state index in [1.54, 1.807) is 13.8 Å².